The summed E-state index contributed by atoms with van der Waals surface area (Å²) in [6, 6.07) is 5.38. The highest BCUT2D eigenvalue weighted by Crippen LogP contribution is 2.35. The van der Waals surface area contributed by atoms with Crippen LogP contribution in [0.3, 0.4) is 0 Å². The molecule has 1 aromatic heterocycles. The fraction of sp³-hybridized carbons (Fsp3) is 0.308. The highest BCUT2D eigenvalue weighted by atomic mass is 32.2. The molecule has 0 radical (unpaired) electrons. The van der Waals surface area contributed by atoms with Crippen LogP contribution in [0, 0.1) is 0 Å². The van der Waals surface area contributed by atoms with Crippen molar-refractivity contribution in [3.63, 3.8) is 0 Å². The van der Waals surface area contributed by atoms with Gasteiger partial charge in [0.15, 0.2) is 5.16 Å². The number of aromatic nitrogens is 3. The maximum absolute atomic E-state index is 11.3. The van der Waals surface area contributed by atoms with Crippen LogP contribution in [0.2, 0.25) is 0 Å². The van der Waals surface area contributed by atoms with Gasteiger partial charge in [-0.1, -0.05) is 6.07 Å². The first-order valence-corrected chi connectivity index (χ1v) is 7.10. The van der Waals surface area contributed by atoms with E-state index in [1.54, 1.807) is 25.2 Å². The number of anilines is 1. The van der Waals surface area contributed by atoms with Gasteiger partial charge in [0.1, 0.15) is 5.75 Å². The van der Waals surface area contributed by atoms with Crippen molar-refractivity contribution in [3.05, 3.63) is 38.9 Å². The van der Waals surface area contributed by atoms with E-state index < -0.39 is 11.1 Å². The van der Waals surface area contributed by atoms with E-state index in [1.807, 2.05) is 13.8 Å². The van der Waals surface area contributed by atoms with Crippen molar-refractivity contribution < 1.29 is 4.74 Å². The Balaban J connectivity index is 2.38. The first-order chi connectivity index (χ1) is 9.88. The van der Waals surface area contributed by atoms with Crippen LogP contribution >= 0.6 is 11.8 Å². The van der Waals surface area contributed by atoms with Crippen LogP contribution in [-0.2, 0) is 7.05 Å². The maximum Gasteiger partial charge on any atom is 0.339 e. The van der Waals surface area contributed by atoms with Gasteiger partial charge in [-0.05, 0) is 37.7 Å². The molecule has 0 unspecified atom stereocenters. The molecule has 0 aliphatic rings. The third kappa shape index (κ3) is 3.46. The number of ether oxygens (including phenoxy) is 1. The zero-order chi connectivity index (χ0) is 15.6. The van der Waals surface area contributed by atoms with Gasteiger partial charge in [-0.2, -0.15) is 4.98 Å². The average Bonchev–Trinajstić information content (AvgIpc) is 2.40. The number of benzene rings is 1. The van der Waals surface area contributed by atoms with Crippen LogP contribution in [0.15, 0.2) is 37.8 Å². The zero-order valence-electron chi connectivity index (χ0n) is 11.9. The molecule has 0 aliphatic heterocycles. The summed E-state index contributed by atoms with van der Waals surface area (Å²) in [6.45, 7) is 3.82. The minimum Gasteiger partial charge on any atom is -0.489 e. The number of nitrogens with one attached hydrogen (secondary N) is 1. The van der Waals surface area contributed by atoms with Crippen molar-refractivity contribution in [2.45, 2.75) is 30.0 Å². The molecule has 0 saturated carbocycles. The second-order valence-corrected chi connectivity index (χ2v) is 5.65. The van der Waals surface area contributed by atoms with Crippen molar-refractivity contribution in [1.82, 2.24) is 14.8 Å². The number of rotatable bonds is 4. The quantitative estimate of drug-likeness (QED) is 0.645. The fourth-order valence-electron chi connectivity index (χ4n) is 1.62. The maximum atomic E-state index is 11.3. The van der Waals surface area contributed by atoms with Crippen LogP contribution in [-0.4, -0.2) is 20.9 Å². The molecule has 0 fully saturated rings. The highest BCUT2D eigenvalue weighted by Gasteiger charge is 2.12. The average molecular weight is 308 g/mol. The summed E-state index contributed by atoms with van der Waals surface area (Å²) < 4.78 is 6.99. The normalized spacial score (nSPS) is 10.9. The van der Waals surface area contributed by atoms with Gasteiger partial charge in [0.05, 0.1) is 11.8 Å². The van der Waals surface area contributed by atoms with Gasteiger partial charge in [0.2, 0.25) is 0 Å². The van der Waals surface area contributed by atoms with Crippen molar-refractivity contribution in [2.75, 3.05) is 5.73 Å². The molecule has 0 bridgehead atoms. The molecule has 0 aliphatic carbocycles. The number of aryl methyl sites for hydroxylation is 1. The van der Waals surface area contributed by atoms with Gasteiger partial charge in [-0.15, -0.1) is 0 Å². The summed E-state index contributed by atoms with van der Waals surface area (Å²) in [5, 5.41) is 2.73. The summed E-state index contributed by atoms with van der Waals surface area (Å²) in [5.74, 6) is 0.574. The van der Waals surface area contributed by atoms with E-state index in [0.717, 1.165) is 0 Å². The summed E-state index contributed by atoms with van der Waals surface area (Å²) >= 11 is 1.18. The Morgan fingerprint density at radius 2 is 2.10 bits per heavy atom. The lowest BCUT2D eigenvalue weighted by Crippen LogP contribution is -2.33. The number of nitrogens with zero attached hydrogens (tertiary/aromatic N) is 2. The van der Waals surface area contributed by atoms with E-state index in [-0.39, 0.29) is 6.10 Å². The fourth-order valence-corrected chi connectivity index (χ4v) is 2.48. The molecule has 112 valence electrons. The SMILES string of the molecule is CC(C)Oc1cccc(Sc2nc(=O)c(=O)[nH]n2C)c1N. The second kappa shape index (κ2) is 6.04. The van der Waals surface area contributed by atoms with Crippen molar-refractivity contribution in [3.8, 4) is 5.75 Å². The highest BCUT2D eigenvalue weighted by molar-refractivity contribution is 7.99. The molecular weight excluding hydrogens is 292 g/mol. The molecule has 0 spiro atoms. The minimum absolute atomic E-state index is 0.00288. The monoisotopic (exact) mass is 308 g/mol. The van der Waals surface area contributed by atoms with E-state index >= 15 is 0 Å². The van der Waals surface area contributed by atoms with Crippen LogP contribution < -0.4 is 21.6 Å². The second-order valence-electron chi connectivity index (χ2n) is 4.64. The number of aromatic amines is 1. The van der Waals surface area contributed by atoms with Crippen LogP contribution in [0.25, 0.3) is 0 Å². The van der Waals surface area contributed by atoms with E-state index in [4.69, 9.17) is 10.5 Å². The van der Waals surface area contributed by atoms with Gasteiger partial charge < -0.3 is 10.5 Å². The van der Waals surface area contributed by atoms with Gasteiger partial charge in [0.25, 0.3) is 0 Å². The smallest absolute Gasteiger partial charge is 0.339 e. The topological polar surface area (TPSA) is 103 Å². The molecule has 2 rings (SSSR count). The Bertz CT molecular complexity index is 767. The Hall–Kier alpha value is -2.22. The van der Waals surface area contributed by atoms with E-state index in [9.17, 15) is 9.59 Å². The number of para-hydroxylation sites is 1. The Morgan fingerprint density at radius 1 is 1.38 bits per heavy atom. The molecule has 8 heteroatoms. The zero-order valence-corrected chi connectivity index (χ0v) is 12.7. The summed E-state index contributed by atoms with van der Waals surface area (Å²) in [7, 11) is 1.60. The Morgan fingerprint density at radius 3 is 2.76 bits per heavy atom. The number of hydrogen-bond donors (Lipinski definition) is 2. The Labute approximate surface area is 125 Å². The first kappa shape index (κ1) is 15.2. The lowest BCUT2D eigenvalue weighted by atomic mass is 10.3. The molecule has 2 aromatic rings. The lowest BCUT2D eigenvalue weighted by Gasteiger charge is -2.14. The molecule has 3 N–H and O–H groups in total. The van der Waals surface area contributed by atoms with Crippen LogP contribution in [0.5, 0.6) is 5.75 Å². The molecule has 1 aromatic carbocycles. The molecule has 0 amide bonds. The predicted molar refractivity (Wildman–Crippen MR) is 80.8 cm³/mol. The predicted octanol–water partition coefficient (Wildman–Crippen LogP) is 0.989. The van der Waals surface area contributed by atoms with E-state index in [1.165, 1.54) is 16.4 Å². The molecule has 1 heterocycles. The number of nitrogen functional groups attached to an aromatic ring is 1. The van der Waals surface area contributed by atoms with Gasteiger partial charge in [-0.25, -0.2) is 0 Å². The summed E-state index contributed by atoms with van der Waals surface area (Å²) in [4.78, 5) is 27.0. The van der Waals surface area contributed by atoms with Crippen LogP contribution in [0.4, 0.5) is 5.69 Å². The summed E-state index contributed by atoms with van der Waals surface area (Å²) in [6.07, 6.45) is 0.00288. The van der Waals surface area contributed by atoms with E-state index in [0.29, 0.717) is 21.5 Å². The lowest BCUT2D eigenvalue weighted by molar-refractivity contribution is 0.243. The number of H-pyrrole nitrogens is 1. The first-order valence-electron chi connectivity index (χ1n) is 6.29. The van der Waals surface area contributed by atoms with Gasteiger partial charge >= 0.3 is 11.1 Å². The molecule has 21 heavy (non-hydrogen) atoms. The standard InChI is InChI=1S/C13H16N4O3S/c1-7(2)20-8-5-4-6-9(10(8)14)21-13-15-11(18)12(19)16-17(13)3/h4-7H,14H2,1-3H3,(H,16,19). The molecule has 0 saturated heterocycles. The van der Waals surface area contributed by atoms with E-state index in [2.05, 4.69) is 10.1 Å². The van der Waals surface area contributed by atoms with Crippen molar-refractivity contribution >= 4 is 17.4 Å². The Kier molecular flexibility index (Phi) is 4.37. The van der Waals surface area contributed by atoms with Crippen molar-refractivity contribution in [2.24, 2.45) is 7.05 Å². The minimum atomic E-state index is -0.830. The molecule has 0 atom stereocenters. The van der Waals surface area contributed by atoms with Crippen LogP contribution in [0.1, 0.15) is 13.8 Å². The van der Waals surface area contributed by atoms with Crippen molar-refractivity contribution in [1.29, 1.82) is 0 Å². The van der Waals surface area contributed by atoms with Gasteiger partial charge in [-0.3, -0.25) is 19.4 Å². The number of nitrogens with two attached hydrogens (primary N) is 1. The third-order valence-corrected chi connectivity index (χ3v) is 3.66. The largest absolute Gasteiger partial charge is 0.489 e. The molecular formula is C13H16N4O3S. The molecule has 7 nitrogen and oxygen atoms in total. The number of hydrogen-bond acceptors (Lipinski definition) is 6. The summed E-state index contributed by atoms with van der Waals surface area (Å²) in [5.41, 5.74) is 4.95. The van der Waals surface area contributed by atoms with Gasteiger partial charge in [0, 0.05) is 11.9 Å². The third-order valence-electron chi connectivity index (χ3n) is 2.54.